The maximum Gasteiger partial charge on any atom is 0.333 e. The van der Waals surface area contributed by atoms with Crippen LogP contribution in [0.15, 0.2) is 29.5 Å². The van der Waals surface area contributed by atoms with E-state index in [0.717, 1.165) is 0 Å². The number of carboxylic acid groups (broad SMARTS) is 1. The van der Waals surface area contributed by atoms with Crippen LogP contribution < -0.4 is 10.6 Å². The Morgan fingerprint density at radius 2 is 1.88 bits per heavy atom. The van der Waals surface area contributed by atoms with Crippen molar-refractivity contribution >= 4 is 45.0 Å². The Morgan fingerprint density at radius 3 is 2.45 bits per heavy atom. The minimum Gasteiger partial charge on any atom is -0.478 e. The predicted molar refractivity (Wildman–Crippen MR) is 123 cm³/mol. The highest BCUT2D eigenvalue weighted by atomic mass is 35.5. The van der Waals surface area contributed by atoms with Crippen LogP contribution in [0.3, 0.4) is 0 Å². The van der Waals surface area contributed by atoms with Crippen LogP contribution in [0.25, 0.3) is 0 Å². The van der Waals surface area contributed by atoms with Gasteiger partial charge in [-0.15, -0.1) is 0 Å². The molecule has 0 spiro atoms. The lowest BCUT2D eigenvalue weighted by molar-refractivity contribution is -0.154. The van der Waals surface area contributed by atoms with Crippen LogP contribution in [0.1, 0.15) is 39.2 Å². The maximum atomic E-state index is 13.9. The number of aliphatic hydroxyl groups is 1. The molecule has 9 nitrogen and oxygen atoms in total. The lowest BCUT2D eigenvalue weighted by atomic mass is 9.79. The number of aliphatic carboxylic acids is 1. The molecule has 0 bridgehead atoms. The quantitative estimate of drug-likeness (QED) is 0.438. The van der Waals surface area contributed by atoms with E-state index < -0.39 is 49.5 Å². The van der Waals surface area contributed by atoms with Gasteiger partial charge >= 0.3 is 11.9 Å². The van der Waals surface area contributed by atoms with Gasteiger partial charge < -0.3 is 25.6 Å². The summed E-state index contributed by atoms with van der Waals surface area (Å²) >= 11 is 12.5. The summed E-state index contributed by atoms with van der Waals surface area (Å²) < 4.78 is 33.2. The third-order valence-corrected chi connectivity index (χ3v) is 8.94. The lowest BCUT2D eigenvalue weighted by Crippen LogP contribution is -2.66. The third kappa shape index (κ3) is 4.72. The molecule has 0 aromatic heterocycles. The molecule has 4 N–H and O–H groups in total. The fourth-order valence-electron chi connectivity index (χ4n) is 4.37. The van der Waals surface area contributed by atoms with E-state index in [4.69, 9.17) is 27.9 Å². The minimum absolute atomic E-state index is 0.0406. The molecule has 0 saturated carbocycles. The highest BCUT2D eigenvalue weighted by molar-refractivity contribution is 7.93. The molecule has 4 atom stereocenters. The molecular formula is C21H26Cl2N2O7S. The van der Waals surface area contributed by atoms with Crippen molar-refractivity contribution in [3.05, 3.63) is 45.1 Å². The minimum atomic E-state index is -4.56. The van der Waals surface area contributed by atoms with Crippen molar-refractivity contribution in [3.8, 4) is 0 Å². The van der Waals surface area contributed by atoms with Crippen molar-refractivity contribution in [2.75, 3.05) is 13.1 Å². The van der Waals surface area contributed by atoms with Gasteiger partial charge in [-0.1, -0.05) is 35.3 Å². The van der Waals surface area contributed by atoms with Crippen LogP contribution >= 0.6 is 23.2 Å². The first-order chi connectivity index (χ1) is 15.1. The molecule has 182 valence electrons. The average Bonchev–Trinajstić information content (AvgIpc) is 2.74. The first kappa shape index (κ1) is 25.8. The number of hydrogen-bond acceptors (Lipinski definition) is 8. The van der Waals surface area contributed by atoms with Gasteiger partial charge in [0.2, 0.25) is 0 Å². The fraction of sp³-hybridized carbons (Fsp3) is 0.524. The van der Waals surface area contributed by atoms with E-state index in [2.05, 4.69) is 10.6 Å². The average molecular weight is 521 g/mol. The Bertz CT molecular complexity index is 1130. The molecular weight excluding hydrogens is 495 g/mol. The second-order valence-corrected chi connectivity index (χ2v) is 12.2. The van der Waals surface area contributed by atoms with Crippen molar-refractivity contribution in [2.45, 2.75) is 55.4 Å². The standard InChI is InChI=1S/C21H26Cl2N2O7S/c1-10-14(18(26)27)15(11-6-5-7-12(22)16(11)23)17-21(29,25-10)9-24-8-13(33(17,30)31)19(28)32-20(2,3)4/h5-7,13,15,17,24-25,29H,8-9H2,1-4H3,(H,26,27). The Balaban J connectivity index is 2.29. The number of fused-ring (bicyclic) bond motifs is 1. The molecule has 33 heavy (non-hydrogen) atoms. The number of halogens is 2. The van der Waals surface area contributed by atoms with Crippen LogP contribution in [0, 0.1) is 0 Å². The number of rotatable bonds is 3. The molecule has 3 rings (SSSR count). The summed E-state index contributed by atoms with van der Waals surface area (Å²) in [6, 6.07) is 4.44. The van der Waals surface area contributed by atoms with Gasteiger partial charge in [-0.2, -0.15) is 0 Å². The van der Waals surface area contributed by atoms with E-state index in [0.29, 0.717) is 0 Å². The SMILES string of the molecule is CC1=C(C(=O)O)C(c2cccc(Cl)c2Cl)C2C(O)(CNCC(C(=O)OC(C)(C)C)S2(=O)=O)N1. The number of carboxylic acids is 1. The number of carbonyl (C=O) groups excluding carboxylic acids is 1. The first-order valence-corrected chi connectivity index (χ1v) is 12.5. The van der Waals surface area contributed by atoms with Gasteiger partial charge in [-0.25, -0.2) is 13.2 Å². The molecule has 4 unspecified atom stereocenters. The predicted octanol–water partition coefficient (Wildman–Crippen LogP) is 1.82. The normalized spacial score (nSPS) is 29.5. The molecule has 1 fully saturated rings. The second-order valence-electron chi connectivity index (χ2n) is 9.18. The maximum absolute atomic E-state index is 13.9. The summed E-state index contributed by atoms with van der Waals surface area (Å²) in [5, 5.41) is 23.5. The number of nitrogens with one attached hydrogen (secondary N) is 2. The van der Waals surface area contributed by atoms with Crippen molar-refractivity contribution in [1.82, 2.24) is 10.6 Å². The molecule has 0 amide bonds. The van der Waals surface area contributed by atoms with Gasteiger partial charge in [-0.05, 0) is 39.3 Å². The zero-order valence-corrected chi connectivity index (χ0v) is 20.8. The van der Waals surface area contributed by atoms with Crippen LogP contribution in [0.4, 0.5) is 0 Å². The van der Waals surface area contributed by atoms with Crippen molar-refractivity contribution in [3.63, 3.8) is 0 Å². The molecule has 1 aromatic carbocycles. The van der Waals surface area contributed by atoms with Crippen molar-refractivity contribution in [1.29, 1.82) is 0 Å². The third-order valence-electron chi connectivity index (χ3n) is 5.58. The number of allylic oxidation sites excluding steroid dienone is 1. The summed E-state index contributed by atoms with van der Waals surface area (Å²) in [5.41, 5.74) is -3.23. The lowest BCUT2D eigenvalue weighted by Gasteiger charge is -2.45. The van der Waals surface area contributed by atoms with Crippen LogP contribution in [0.2, 0.25) is 10.0 Å². The summed E-state index contributed by atoms with van der Waals surface area (Å²) in [7, 11) is -4.56. The first-order valence-electron chi connectivity index (χ1n) is 10.1. The van der Waals surface area contributed by atoms with E-state index in [1.54, 1.807) is 20.8 Å². The summed E-state index contributed by atoms with van der Waals surface area (Å²) in [5.74, 6) is -3.82. The zero-order valence-electron chi connectivity index (χ0n) is 18.5. The van der Waals surface area contributed by atoms with Crippen LogP contribution in [-0.2, 0) is 24.2 Å². The summed E-state index contributed by atoms with van der Waals surface area (Å²) in [6.07, 6.45) is 0. The molecule has 0 aliphatic carbocycles. The number of benzene rings is 1. The van der Waals surface area contributed by atoms with E-state index >= 15 is 0 Å². The number of hydrogen-bond donors (Lipinski definition) is 4. The Labute approximate surface area is 202 Å². The van der Waals surface area contributed by atoms with Gasteiger partial charge in [0.05, 0.1) is 15.6 Å². The van der Waals surface area contributed by atoms with Gasteiger partial charge in [-0.3, -0.25) is 4.79 Å². The van der Waals surface area contributed by atoms with E-state index in [1.165, 1.54) is 25.1 Å². The summed E-state index contributed by atoms with van der Waals surface area (Å²) in [4.78, 5) is 25.2. The molecule has 2 aliphatic heterocycles. The molecule has 1 aromatic rings. The van der Waals surface area contributed by atoms with E-state index in [1.807, 2.05) is 0 Å². The number of ether oxygens (including phenoxy) is 1. The fourth-order valence-corrected chi connectivity index (χ4v) is 7.17. The molecule has 12 heteroatoms. The van der Waals surface area contributed by atoms with Gasteiger partial charge in [0, 0.05) is 24.7 Å². The molecule has 1 saturated heterocycles. The smallest absolute Gasteiger partial charge is 0.333 e. The largest absolute Gasteiger partial charge is 0.478 e. The summed E-state index contributed by atoms with van der Waals surface area (Å²) in [6.45, 7) is 5.62. The highest BCUT2D eigenvalue weighted by Gasteiger charge is 2.60. The monoisotopic (exact) mass is 520 g/mol. The number of sulfone groups is 1. The number of carbonyl (C=O) groups is 2. The van der Waals surface area contributed by atoms with Crippen molar-refractivity contribution in [2.24, 2.45) is 0 Å². The van der Waals surface area contributed by atoms with E-state index in [9.17, 15) is 28.2 Å². The topological polar surface area (TPSA) is 142 Å². The highest BCUT2D eigenvalue weighted by Crippen LogP contribution is 2.46. The van der Waals surface area contributed by atoms with Crippen molar-refractivity contribution < 1.29 is 33.0 Å². The van der Waals surface area contributed by atoms with Gasteiger partial charge in [0.15, 0.2) is 20.8 Å². The van der Waals surface area contributed by atoms with Gasteiger partial charge in [0.25, 0.3) is 0 Å². The molecule has 0 radical (unpaired) electrons. The number of esters is 1. The number of β-amino-alcohol motifs (C(OH)–C–C–N with tert-alkyl or cyclic N) is 1. The van der Waals surface area contributed by atoms with Gasteiger partial charge in [0.1, 0.15) is 10.9 Å². The Hall–Kier alpha value is -1.85. The Morgan fingerprint density at radius 1 is 1.24 bits per heavy atom. The second kappa shape index (κ2) is 8.74. The Kier molecular flexibility index (Phi) is 6.82. The van der Waals surface area contributed by atoms with E-state index in [-0.39, 0.29) is 40.0 Å². The van der Waals surface area contributed by atoms with Crippen LogP contribution in [-0.4, -0.2) is 65.5 Å². The molecule has 2 aliphatic rings. The zero-order chi connectivity index (χ0) is 24.9. The van der Waals surface area contributed by atoms with Crippen LogP contribution in [0.5, 0.6) is 0 Å². The molecule has 2 heterocycles.